The molecular weight excluding hydrogens is 223 g/mol. The molecular formula is C10H18F3NO2. The number of hydrogen-bond donors (Lipinski definition) is 1. The second kappa shape index (κ2) is 5.52. The summed E-state index contributed by atoms with van der Waals surface area (Å²) in [6.07, 6.45) is -4.69. The summed E-state index contributed by atoms with van der Waals surface area (Å²) in [5.41, 5.74) is -0.896. The predicted octanol–water partition coefficient (Wildman–Crippen LogP) is 2.37. The van der Waals surface area contributed by atoms with Gasteiger partial charge in [-0.2, -0.15) is 13.2 Å². The van der Waals surface area contributed by atoms with E-state index in [1.807, 2.05) is 0 Å². The number of nitrogens with zero attached hydrogens (tertiary/aromatic N) is 1. The second-order valence-electron chi connectivity index (χ2n) is 4.61. The van der Waals surface area contributed by atoms with E-state index in [2.05, 4.69) is 0 Å². The third-order valence-corrected chi connectivity index (χ3v) is 2.47. The summed E-state index contributed by atoms with van der Waals surface area (Å²) in [6.45, 7) is 3.37. The van der Waals surface area contributed by atoms with Gasteiger partial charge in [-0.25, -0.2) is 0 Å². The minimum Gasteiger partial charge on any atom is -0.481 e. The summed E-state index contributed by atoms with van der Waals surface area (Å²) in [6, 6.07) is 0. The average molecular weight is 241 g/mol. The van der Waals surface area contributed by atoms with Crippen molar-refractivity contribution < 1.29 is 23.1 Å². The van der Waals surface area contributed by atoms with Crippen LogP contribution in [-0.4, -0.2) is 42.3 Å². The normalized spacial score (nSPS) is 13.2. The first-order chi connectivity index (χ1) is 7.04. The maximum atomic E-state index is 11.9. The van der Waals surface area contributed by atoms with Gasteiger partial charge < -0.3 is 10.0 Å². The van der Waals surface area contributed by atoms with Crippen LogP contribution in [0.4, 0.5) is 13.2 Å². The van der Waals surface area contributed by atoms with Gasteiger partial charge in [-0.1, -0.05) is 0 Å². The summed E-state index contributed by atoms with van der Waals surface area (Å²) in [5, 5.41) is 8.81. The van der Waals surface area contributed by atoms with Crippen molar-refractivity contribution in [3.63, 3.8) is 0 Å². The molecule has 0 saturated heterocycles. The fraction of sp³-hybridized carbons (Fsp3) is 0.900. The third-order valence-electron chi connectivity index (χ3n) is 2.47. The van der Waals surface area contributed by atoms with E-state index in [-0.39, 0.29) is 6.54 Å². The number of rotatable bonds is 6. The Kier molecular flexibility index (Phi) is 5.25. The Labute approximate surface area is 93.2 Å². The highest BCUT2D eigenvalue weighted by atomic mass is 19.4. The predicted molar refractivity (Wildman–Crippen MR) is 54.2 cm³/mol. The van der Waals surface area contributed by atoms with Gasteiger partial charge in [0.2, 0.25) is 0 Å². The Bertz CT molecular complexity index is 239. The lowest BCUT2D eigenvalue weighted by molar-refractivity contribution is -0.148. The topological polar surface area (TPSA) is 40.5 Å². The molecule has 0 unspecified atom stereocenters. The average Bonchev–Trinajstić information content (AvgIpc) is 2.10. The van der Waals surface area contributed by atoms with E-state index in [1.165, 1.54) is 4.90 Å². The first-order valence-electron chi connectivity index (χ1n) is 5.03. The molecule has 16 heavy (non-hydrogen) atoms. The molecule has 96 valence electrons. The highest BCUT2D eigenvalue weighted by molar-refractivity contribution is 5.73. The van der Waals surface area contributed by atoms with Crippen molar-refractivity contribution in [3.8, 4) is 0 Å². The van der Waals surface area contributed by atoms with Crippen molar-refractivity contribution in [2.24, 2.45) is 5.41 Å². The van der Waals surface area contributed by atoms with Crippen molar-refractivity contribution >= 4 is 5.97 Å². The maximum Gasteiger partial charge on any atom is 0.390 e. The number of carboxylic acids is 1. The molecule has 0 radical (unpaired) electrons. The number of aliphatic carboxylic acids is 1. The Morgan fingerprint density at radius 3 is 2.00 bits per heavy atom. The van der Waals surface area contributed by atoms with Crippen LogP contribution in [0, 0.1) is 5.41 Å². The van der Waals surface area contributed by atoms with Crippen LogP contribution < -0.4 is 0 Å². The summed E-state index contributed by atoms with van der Waals surface area (Å²) >= 11 is 0. The molecule has 0 heterocycles. The molecule has 3 nitrogen and oxygen atoms in total. The standard InChI is InChI=1S/C10H18F3NO2/c1-9(2,8(15)16)4-6-14(3)7-5-10(11,12)13/h4-7H2,1-3H3,(H,15,16). The zero-order chi connectivity index (χ0) is 13.0. The fourth-order valence-electron chi connectivity index (χ4n) is 1.01. The molecule has 0 atom stereocenters. The number of carboxylic acid groups (broad SMARTS) is 1. The molecule has 0 bridgehead atoms. The van der Waals surface area contributed by atoms with Crippen LogP contribution >= 0.6 is 0 Å². The molecule has 0 rings (SSSR count). The molecule has 6 heteroatoms. The molecule has 0 aliphatic heterocycles. The highest BCUT2D eigenvalue weighted by Crippen LogP contribution is 2.22. The molecule has 0 aromatic heterocycles. The van der Waals surface area contributed by atoms with Crippen LogP contribution in [0.25, 0.3) is 0 Å². The summed E-state index contributed by atoms with van der Waals surface area (Å²) in [4.78, 5) is 12.3. The lowest BCUT2D eigenvalue weighted by Crippen LogP contribution is -2.31. The molecule has 0 spiro atoms. The van der Waals surface area contributed by atoms with E-state index in [9.17, 15) is 18.0 Å². The van der Waals surface area contributed by atoms with Crippen LogP contribution in [0.2, 0.25) is 0 Å². The van der Waals surface area contributed by atoms with E-state index in [0.717, 1.165) is 0 Å². The minimum absolute atomic E-state index is 0.0980. The molecule has 0 fully saturated rings. The van der Waals surface area contributed by atoms with Gasteiger partial charge in [0.05, 0.1) is 11.8 Å². The van der Waals surface area contributed by atoms with Gasteiger partial charge >= 0.3 is 12.1 Å². The van der Waals surface area contributed by atoms with Gasteiger partial charge in [0.25, 0.3) is 0 Å². The van der Waals surface area contributed by atoms with Crippen molar-refractivity contribution in [3.05, 3.63) is 0 Å². The van der Waals surface area contributed by atoms with Gasteiger partial charge in [-0.15, -0.1) is 0 Å². The molecule has 0 saturated carbocycles. The lowest BCUT2D eigenvalue weighted by Gasteiger charge is -2.23. The van der Waals surface area contributed by atoms with Gasteiger partial charge in [-0.05, 0) is 33.9 Å². The van der Waals surface area contributed by atoms with E-state index in [0.29, 0.717) is 13.0 Å². The van der Waals surface area contributed by atoms with E-state index < -0.39 is 24.0 Å². The zero-order valence-electron chi connectivity index (χ0n) is 9.76. The molecule has 0 aliphatic carbocycles. The molecule has 0 aromatic rings. The van der Waals surface area contributed by atoms with Crippen LogP contribution in [0.5, 0.6) is 0 Å². The second-order valence-corrected chi connectivity index (χ2v) is 4.61. The third kappa shape index (κ3) is 6.66. The maximum absolute atomic E-state index is 11.9. The Hall–Kier alpha value is -0.780. The zero-order valence-corrected chi connectivity index (χ0v) is 9.76. The minimum atomic E-state index is -4.16. The van der Waals surface area contributed by atoms with Crippen molar-refractivity contribution in [2.45, 2.75) is 32.9 Å². The molecule has 0 aromatic carbocycles. The summed E-state index contributed by atoms with van der Waals surface area (Å²) < 4.78 is 35.7. The van der Waals surface area contributed by atoms with E-state index >= 15 is 0 Å². The van der Waals surface area contributed by atoms with Crippen molar-refractivity contribution in [2.75, 3.05) is 20.1 Å². The first kappa shape index (κ1) is 15.2. The van der Waals surface area contributed by atoms with Crippen LogP contribution in [0.15, 0.2) is 0 Å². The molecule has 1 N–H and O–H groups in total. The van der Waals surface area contributed by atoms with Gasteiger partial charge in [0.1, 0.15) is 0 Å². The number of carbonyl (C=O) groups is 1. The van der Waals surface area contributed by atoms with Gasteiger partial charge in [0.15, 0.2) is 0 Å². The SMILES string of the molecule is CN(CCC(F)(F)F)CCC(C)(C)C(=O)O. The summed E-state index contributed by atoms with van der Waals surface area (Å²) in [7, 11) is 1.56. The Balaban J connectivity index is 3.90. The van der Waals surface area contributed by atoms with Gasteiger partial charge in [-0.3, -0.25) is 4.79 Å². The van der Waals surface area contributed by atoms with Crippen LogP contribution in [0.3, 0.4) is 0 Å². The quantitative estimate of drug-likeness (QED) is 0.776. The summed E-state index contributed by atoms with van der Waals surface area (Å²) in [5.74, 6) is -0.934. The van der Waals surface area contributed by atoms with Gasteiger partial charge in [0, 0.05) is 6.54 Å². The van der Waals surface area contributed by atoms with Crippen LogP contribution in [0.1, 0.15) is 26.7 Å². The fourth-order valence-corrected chi connectivity index (χ4v) is 1.01. The largest absolute Gasteiger partial charge is 0.481 e. The highest BCUT2D eigenvalue weighted by Gasteiger charge is 2.29. The number of halogens is 3. The molecule has 0 aliphatic rings. The van der Waals surface area contributed by atoms with Crippen molar-refractivity contribution in [1.82, 2.24) is 4.90 Å². The Morgan fingerprint density at radius 1 is 1.19 bits per heavy atom. The van der Waals surface area contributed by atoms with Crippen LogP contribution in [-0.2, 0) is 4.79 Å². The van der Waals surface area contributed by atoms with Crippen molar-refractivity contribution in [1.29, 1.82) is 0 Å². The monoisotopic (exact) mass is 241 g/mol. The molecule has 0 amide bonds. The Morgan fingerprint density at radius 2 is 1.62 bits per heavy atom. The first-order valence-corrected chi connectivity index (χ1v) is 5.03. The lowest BCUT2D eigenvalue weighted by atomic mass is 9.89. The van der Waals surface area contributed by atoms with E-state index in [4.69, 9.17) is 5.11 Å². The smallest absolute Gasteiger partial charge is 0.390 e. The number of hydrogen-bond acceptors (Lipinski definition) is 2. The van der Waals surface area contributed by atoms with E-state index in [1.54, 1.807) is 20.9 Å². The number of alkyl halides is 3.